The van der Waals surface area contributed by atoms with Crippen molar-refractivity contribution in [2.45, 2.75) is 51.0 Å². The van der Waals surface area contributed by atoms with Gasteiger partial charge < -0.3 is 10.2 Å². The Morgan fingerprint density at radius 3 is 2.30 bits per heavy atom. The minimum absolute atomic E-state index is 0.298. The molecule has 23 heavy (non-hydrogen) atoms. The molecule has 1 aliphatic carbocycles. The Morgan fingerprint density at radius 1 is 1.04 bits per heavy atom. The molecule has 3 rings (SSSR count). The molecule has 1 N–H and O–H groups in total. The fourth-order valence-electron chi connectivity index (χ4n) is 3.97. The average molecular weight is 317 g/mol. The molecule has 1 saturated heterocycles. The first kappa shape index (κ1) is 16.7. The molecule has 1 aliphatic heterocycles. The number of aromatic nitrogens is 2. The second kappa shape index (κ2) is 7.58. The Bertz CT molecular complexity index is 473. The first-order valence-corrected chi connectivity index (χ1v) is 9.20. The average Bonchev–Trinajstić information content (AvgIpc) is 2.62. The molecule has 1 aromatic rings. The van der Waals surface area contributed by atoms with Crippen LogP contribution in [0.15, 0.2) is 12.4 Å². The van der Waals surface area contributed by atoms with Gasteiger partial charge in [-0.15, -0.1) is 0 Å². The Hall–Kier alpha value is -1.20. The molecule has 0 bridgehead atoms. The monoisotopic (exact) mass is 317 g/mol. The molecule has 0 spiro atoms. The number of rotatable bonds is 5. The summed E-state index contributed by atoms with van der Waals surface area (Å²) in [6.45, 7) is 7.85. The van der Waals surface area contributed by atoms with Gasteiger partial charge >= 0.3 is 0 Å². The van der Waals surface area contributed by atoms with Gasteiger partial charge in [-0.25, -0.2) is 9.97 Å². The number of piperazine rings is 1. The molecule has 0 amide bonds. The van der Waals surface area contributed by atoms with Crippen LogP contribution < -0.4 is 5.32 Å². The summed E-state index contributed by atoms with van der Waals surface area (Å²) in [6, 6.07) is 0. The minimum atomic E-state index is 0.298. The second-order valence-electron chi connectivity index (χ2n) is 7.20. The lowest BCUT2D eigenvalue weighted by Crippen LogP contribution is -2.60. The van der Waals surface area contributed by atoms with E-state index in [1.807, 2.05) is 12.4 Å². The molecule has 0 aromatic carbocycles. The standard InChI is InChI=1S/C18H31N5/c1-3-16-13-19-17(20-14-16)21-15-18(7-5-4-6-8-18)23-11-9-22(2)10-12-23/h13-14H,3-12,15H2,1-2H3,(H,19,20,21). The normalized spacial score (nSPS) is 22.9. The van der Waals surface area contributed by atoms with Gasteiger partial charge in [-0.2, -0.15) is 0 Å². The van der Waals surface area contributed by atoms with Crippen molar-refractivity contribution < 1.29 is 0 Å². The smallest absolute Gasteiger partial charge is 0.222 e. The van der Waals surface area contributed by atoms with Crippen molar-refractivity contribution in [3.8, 4) is 0 Å². The molecular weight excluding hydrogens is 286 g/mol. The van der Waals surface area contributed by atoms with Crippen LogP contribution >= 0.6 is 0 Å². The van der Waals surface area contributed by atoms with E-state index in [1.165, 1.54) is 63.8 Å². The van der Waals surface area contributed by atoms with Crippen molar-refractivity contribution in [1.82, 2.24) is 19.8 Å². The summed E-state index contributed by atoms with van der Waals surface area (Å²) in [5, 5.41) is 3.54. The lowest BCUT2D eigenvalue weighted by molar-refractivity contribution is 0.0220. The maximum atomic E-state index is 4.47. The van der Waals surface area contributed by atoms with Gasteiger partial charge in [0.15, 0.2) is 0 Å². The van der Waals surface area contributed by atoms with E-state index in [-0.39, 0.29) is 0 Å². The van der Waals surface area contributed by atoms with Crippen LogP contribution in [0.2, 0.25) is 0 Å². The van der Waals surface area contributed by atoms with E-state index in [0.29, 0.717) is 5.54 Å². The Labute approximate surface area is 140 Å². The van der Waals surface area contributed by atoms with E-state index in [4.69, 9.17) is 0 Å². The third-order valence-corrected chi connectivity index (χ3v) is 5.65. The molecular formula is C18H31N5. The van der Waals surface area contributed by atoms with Crippen molar-refractivity contribution in [1.29, 1.82) is 0 Å². The summed E-state index contributed by atoms with van der Waals surface area (Å²) < 4.78 is 0. The Morgan fingerprint density at radius 2 is 1.70 bits per heavy atom. The molecule has 2 fully saturated rings. The third-order valence-electron chi connectivity index (χ3n) is 5.65. The van der Waals surface area contributed by atoms with Crippen molar-refractivity contribution in [2.24, 2.45) is 0 Å². The van der Waals surface area contributed by atoms with E-state index in [2.05, 4.69) is 39.1 Å². The zero-order valence-electron chi connectivity index (χ0n) is 14.7. The van der Waals surface area contributed by atoms with Gasteiger partial charge in [0.05, 0.1) is 0 Å². The van der Waals surface area contributed by atoms with Crippen LogP contribution in [0.3, 0.4) is 0 Å². The van der Waals surface area contributed by atoms with Crippen LogP contribution in [0.5, 0.6) is 0 Å². The predicted molar refractivity (Wildman–Crippen MR) is 94.8 cm³/mol. The second-order valence-corrected chi connectivity index (χ2v) is 7.20. The topological polar surface area (TPSA) is 44.3 Å². The van der Waals surface area contributed by atoms with Gasteiger partial charge in [0.25, 0.3) is 0 Å². The molecule has 5 heteroatoms. The van der Waals surface area contributed by atoms with Crippen LogP contribution in [-0.2, 0) is 6.42 Å². The van der Waals surface area contributed by atoms with Crippen molar-refractivity contribution in [2.75, 3.05) is 45.1 Å². The Kier molecular flexibility index (Phi) is 5.49. The number of hydrogen-bond acceptors (Lipinski definition) is 5. The first-order valence-electron chi connectivity index (χ1n) is 9.20. The van der Waals surface area contributed by atoms with Gasteiger partial charge in [-0.05, 0) is 31.9 Å². The quantitative estimate of drug-likeness (QED) is 0.903. The molecule has 0 atom stereocenters. The zero-order chi connectivity index (χ0) is 16.1. The largest absolute Gasteiger partial charge is 0.352 e. The fourth-order valence-corrected chi connectivity index (χ4v) is 3.97. The van der Waals surface area contributed by atoms with E-state index in [0.717, 1.165) is 18.9 Å². The van der Waals surface area contributed by atoms with Crippen LogP contribution in [0.25, 0.3) is 0 Å². The number of aryl methyl sites for hydroxylation is 1. The molecule has 2 heterocycles. The number of nitrogens with one attached hydrogen (secondary N) is 1. The summed E-state index contributed by atoms with van der Waals surface area (Å²) in [6.07, 6.45) is 11.6. The molecule has 0 radical (unpaired) electrons. The van der Waals surface area contributed by atoms with E-state index >= 15 is 0 Å². The summed E-state index contributed by atoms with van der Waals surface area (Å²) >= 11 is 0. The lowest BCUT2D eigenvalue weighted by atomic mass is 9.79. The summed E-state index contributed by atoms with van der Waals surface area (Å²) in [5.41, 5.74) is 1.49. The lowest BCUT2D eigenvalue weighted by Gasteiger charge is -2.49. The van der Waals surface area contributed by atoms with Gasteiger partial charge in [0.2, 0.25) is 5.95 Å². The highest BCUT2D eigenvalue weighted by Gasteiger charge is 2.38. The fraction of sp³-hybridized carbons (Fsp3) is 0.778. The molecule has 2 aliphatic rings. The highest BCUT2D eigenvalue weighted by Crippen LogP contribution is 2.34. The van der Waals surface area contributed by atoms with Crippen LogP contribution in [0, 0.1) is 0 Å². The predicted octanol–water partition coefficient (Wildman–Crippen LogP) is 2.40. The number of anilines is 1. The van der Waals surface area contributed by atoms with Crippen LogP contribution in [0.1, 0.15) is 44.6 Å². The summed E-state index contributed by atoms with van der Waals surface area (Å²) in [4.78, 5) is 14.1. The van der Waals surface area contributed by atoms with Crippen molar-refractivity contribution in [3.63, 3.8) is 0 Å². The van der Waals surface area contributed by atoms with Gasteiger partial charge in [-0.1, -0.05) is 26.2 Å². The van der Waals surface area contributed by atoms with Crippen molar-refractivity contribution in [3.05, 3.63) is 18.0 Å². The maximum absolute atomic E-state index is 4.47. The number of likely N-dealkylation sites (N-methyl/N-ethyl adjacent to an activating group) is 1. The maximum Gasteiger partial charge on any atom is 0.222 e. The zero-order valence-corrected chi connectivity index (χ0v) is 14.7. The van der Waals surface area contributed by atoms with Gasteiger partial charge in [0, 0.05) is 50.7 Å². The summed E-state index contributed by atoms with van der Waals surface area (Å²) in [7, 11) is 2.23. The number of nitrogens with zero attached hydrogens (tertiary/aromatic N) is 4. The highest BCUT2D eigenvalue weighted by atomic mass is 15.3. The summed E-state index contributed by atoms with van der Waals surface area (Å²) in [5.74, 6) is 0.779. The molecule has 128 valence electrons. The highest BCUT2D eigenvalue weighted by molar-refractivity contribution is 5.26. The minimum Gasteiger partial charge on any atom is -0.352 e. The third kappa shape index (κ3) is 4.01. The van der Waals surface area contributed by atoms with E-state index < -0.39 is 0 Å². The van der Waals surface area contributed by atoms with Crippen LogP contribution in [-0.4, -0.2) is 65.1 Å². The van der Waals surface area contributed by atoms with E-state index in [1.54, 1.807) is 0 Å². The number of hydrogen-bond donors (Lipinski definition) is 1. The molecule has 5 nitrogen and oxygen atoms in total. The van der Waals surface area contributed by atoms with Crippen LogP contribution in [0.4, 0.5) is 5.95 Å². The Balaban J connectivity index is 1.66. The molecule has 0 unspecified atom stereocenters. The van der Waals surface area contributed by atoms with Gasteiger partial charge in [0.1, 0.15) is 0 Å². The molecule has 1 aromatic heterocycles. The van der Waals surface area contributed by atoms with E-state index in [9.17, 15) is 0 Å². The SMILES string of the molecule is CCc1cnc(NCC2(N3CCN(C)CC3)CCCCC2)nc1. The van der Waals surface area contributed by atoms with Crippen molar-refractivity contribution >= 4 is 5.95 Å². The molecule has 1 saturated carbocycles. The first-order chi connectivity index (χ1) is 11.2. The van der Waals surface area contributed by atoms with Gasteiger partial charge in [-0.3, -0.25) is 4.90 Å².